The summed E-state index contributed by atoms with van der Waals surface area (Å²) in [7, 11) is 3.10. The van der Waals surface area contributed by atoms with Gasteiger partial charge < -0.3 is 23.2 Å². The molecule has 0 aliphatic heterocycles. The number of aromatic nitrogens is 1. The third-order valence-corrected chi connectivity index (χ3v) is 5.44. The molecule has 4 rings (SSSR count). The Morgan fingerprint density at radius 2 is 1.71 bits per heavy atom. The lowest BCUT2D eigenvalue weighted by Gasteiger charge is -2.10. The molecule has 0 saturated heterocycles. The van der Waals surface area contributed by atoms with E-state index >= 15 is 0 Å². The highest BCUT2D eigenvalue weighted by Crippen LogP contribution is 2.29. The Morgan fingerprint density at radius 3 is 2.40 bits per heavy atom. The number of hydrazone groups is 1. The molecule has 1 amide bonds. The van der Waals surface area contributed by atoms with Gasteiger partial charge in [0.2, 0.25) is 0 Å². The van der Waals surface area contributed by atoms with E-state index in [1.807, 2.05) is 24.3 Å². The molecule has 0 aliphatic rings. The van der Waals surface area contributed by atoms with Gasteiger partial charge >= 0.3 is 5.91 Å². The van der Waals surface area contributed by atoms with Crippen molar-refractivity contribution in [1.29, 1.82) is 0 Å². The first-order valence-corrected chi connectivity index (χ1v) is 11.0. The highest BCUT2D eigenvalue weighted by Gasteiger charge is 2.12. The molecule has 4 aromatic rings. The topological polar surface area (TPSA) is 87.2 Å². The number of benzene rings is 2. The van der Waals surface area contributed by atoms with Gasteiger partial charge in [-0.3, -0.25) is 4.79 Å². The van der Waals surface area contributed by atoms with Crippen molar-refractivity contribution < 1.29 is 23.4 Å². The number of aryl methyl sites for hydroxylation is 2. The van der Waals surface area contributed by atoms with E-state index in [4.69, 9.17) is 18.6 Å². The van der Waals surface area contributed by atoms with Gasteiger partial charge in [-0.2, -0.15) is 5.10 Å². The summed E-state index contributed by atoms with van der Waals surface area (Å²) in [5, 5.41) is 3.99. The Labute approximate surface area is 203 Å². The van der Waals surface area contributed by atoms with E-state index in [1.165, 1.54) is 17.6 Å². The molecule has 2 aromatic heterocycles. The van der Waals surface area contributed by atoms with Crippen LogP contribution < -0.4 is 19.6 Å². The second-order valence-corrected chi connectivity index (χ2v) is 7.78. The fourth-order valence-electron chi connectivity index (χ4n) is 3.73. The van der Waals surface area contributed by atoms with Crippen LogP contribution in [0.5, 0.6) is 17.2 Å². The van der Waals surface area contributed by atoms with Crippen molar-refractivity contribution in [2.24, 2.45) is 5.10 Å². The monoisotopic (exact) mass is 473 g/mol. The van der Waals surface area contributed by atoms with Crippen molar-refractivity contribution in [2.45, 2.75) is 20.5 Å². The lowest BCUT2D eigenvalue weighted by molar-refractivity contribution is 0.0923. The number of ether oxygens (including phenoxy) is 3. The number of carbonyl (C=O) groups excluding carboxylic acids is 1. The third-order valence-electron chi connectivity index (χ3n) is 5.44. The second kappa shape index (κ2) is 10.6. The molecule has 0 aliphatic carbocycles. The molecule has 2 heterocycles. The maximum atomic E-state index is 12.4. The van der Waals surface area contributed by atoms with Gasteiger partial charge in [0.25, 0.3) is 0 Å². The fourth-order valence-corrected chi connectivity index (χ4v) is 3.73. The Hall–Kier alpha value is -4.46. The quantitative estimate of drug-likeness (QED) is 0.272. The van der Waals surface area contributed by atoms with Crippen molar-refractivity contribution in [3.05, 3.63) is 95.2 Å². The minimum Gasteiger partial charge on any atom is -0.493 e. The summed E-state index contributed by atoms with van der Waals surface area (Å²) >= 11 is 0. The summed E-state index contributed by atoms with van der Waals surface area (Å²) in [6, 6.07) is 20.7. The van der Waals surface area contributed by atoms with Gasteiger partial charge in [-0.15, -0.1) is 0 Å². The van der Waals surface area contributed by atoms with Gasteiger partial charge in [0, 0.05) is 22.6 Å². The van der Waals surface area contributed by atoms with Crippen LogP contribution in [0.25, 0.3) is 5.69 Å². The van der Waals surface area contributed by atoms with Crippen LogP contribution in [-0.4, -0.2) is 30.9 Å². The van der Waals surface area contributed by atoms with Crippen LogP contribution in [-0.2, 0) is 6.61 Å². The Bertz CT molecular complexity index is 1320. The van der Waals surface area contributed by atoms with Gasteiger partial charge in [-0.1, -0.05) is 6.07 Å². The zero-order valence-corrected chi connectivity index (χ0v) is 20.1. The molecule has 0 atom stereocenters. The van der Waals surface area contributed by atoms with Gasteiger partial charge in [0.1, 0.15) is 18.1 Å². The Balaban J connectivity index is 1.33. The molecule has 8 nitrogen and oxygen atoms in total. The van der Waals surface area contributed by atoms with Crippen LogP contribution >= 0.6 is 0 Å². The van der Waals surface area contributed by atoms with E-state index < -0.39 is 5.91 Å². The average Bonchev–Trinajstić information content (AvgIpc) is 3.49. The molecule has 0 fully saturated rings. The summed E-state index contributed by atoms with van der Waals surface area (Å²) in [5.41, 5.74) is 6.52. The molecule has 0 bridgehead atoms. The van der Waals surface area contributed by atoms with Crippen LogP contribution in [0.2, 0.25) is 0 Å². The molecule has 0 saturated carbocycles. The maximum Gasteiger partial charge on any atom is 0.307 e. The molecule has 35 heavy (non-hydrogen) atoms. The lowest BCUT2D eigenvalue weighted by Crippen LogP contribution is -2.16. The first-order valence-electron chi connectivity index (χ1n) is 11.0. The standard InChI is InChI=1S/C27H27N3O5/c1-18-8-9-19(2)30(18)21-10-12-22(13-11-21)34-17-23-14-15-25(35-23)27(31)29-28-16-20-6-5-7-24(32-3)26(20)33-4/h5-16H,17H2,1-4H3,(H,29,31)/b28-16+. The number of carbonyl (C=O) groups is 1. The summed E-state index contributed by atoms with van der Waals surface area (Å²) in [6.07, 6.45) is 1.48. The van der Waals surface area contributed by atoms with E-state index in [0.29, 0.717) is 28.6 Å². The van der Waals surface area contributed by atoms with Gasteiger partial charge in [0.15, 0.2) is 17.3 Å². The smallest absolute Gasteiger partial charge is 0.307 e. The number of methoxy groups -OCH3 is 2. The van der Waals surface area contributed by atoms with Crippen LogP contribution in [0, 0.1) is 13.8 Å². The molecule has 1 N–H and O–H groups in total. The number of hydrogen-bond acceptors (Lipinski definition) is 6. The first-order chi connectivity index (χ1) is 17.0. The van der Waals surface area contributed by atoms with Crippen molar-refractivity contribution in [3.8, 4) is 22.9 Å². The summed E-state index contributed by atoms with van der Waals surface area (Å²) in [6.45, 7) is 4.34. The van der Waals surface area contributed by atoms with E-state index in [9.17, 15) is 4.79 Å². The molecular formula is C27H27N3O5. The van der Waals surface area contributed by atoms with E-state index in [0.717, 1.165) is 5.69 Å². The van der Waals surface area contributed by atoms with Crippen molar-refractivity contribution in [1.82, 2.24) is 9.99 Å². The van der Waals surface area contributed by atoms with E-state index in [2.05, 4.69) is 41.1 Å². The predicted molar refractivity (Wildman–Crippen MR) is 133 cm³/mol. The minimum atomic E-state index is -0.476. The predicted octanol–water partition coefficient (Wildman–Crippen LogP) is 5.05. The number of rotatable bonds is 9. The van der Waals surface area contributed by atoms with E-state index in [1.54, 1.807) is 44.6 Å². The maximum absolute atomic E-state index is 12.4. The second-order valence-electron chi connectivity index (χ2n) is 7.78. The zero-order chi connectivity index (χ0) is 24.8. The minimum absolute atomic E-state index is 0.132. The molecular weight excluding hydrogens is 446 g/mol. The molecule has 0 unspecified atom stereocenters. The number of furan rings is 1. The normalized spacial score (nSPS) is 11.0. The third kappa shape index (κ3) is 5.38. The number of amides is 1. The van der Waals surface area contributed by atoms with Gasteiger partial charge in [0.05, 0.1) is 20.4 Å². The number of nitrogens with zero attached hydrogens (tertiary/aromatic N) is 2. The van der Waals surface area contributed by atoms with Crippen molar-refractivity contribution >= 4 is 12.1 Å². The highest BCUT2D eigenvalue weighted by molar-refractivity contribution is 5.93. The van der Waals surface area contributed by atoms with Crippen LogP contribution in [0.15, 0.2) is 76.2 Å². The molecule has 2 aromatic carbocycles. The highest BCUT2D eigenvalue weighted by atomic mass is 16.5. The molecule has 8 heteroatoms. The average molecular weight is 474 g/mol. The Kier molecular flexibility index (Phi) is 7.21. The molecule has 0 radical (unpaired) electrons. The van der Waals surface area contributed by atoms with Gasteiger partial charge in [-0.05, 0) is 74.5 Å². The molecule has 180 valence electrons. The number of hydrogen-bond donors (Lipinski definition) is 1. The van der Waals surface area contributed by atoms with Crippen LogP contribution in [0.4, 0.5) is 0 Å². The molecule has 0 spiro atoms. The van der Waals surface area contributed by atoms with Crippen LogP contribution in [0.1, 0.15) is 33.3 Å². The SMILES string of the molecule is COc1cccc(/C=N/NC(=O)c2ccc(COc3ccc(-n4c(C)ccc4C)cc3)o2)c1OC. The van der Waals surface area contributed by atoms with Crippen LogP contribution in [0.3, 0.4) is 0 Å². The summed E-state index contributed by atoms with van der Waals surface area (Å²) < 4.78 is 24.2. The largest absolute Gasteiger partial charge is 0.493 e. The lowest BCUT2D eigenvalue weighted by atomic mass is 10.2. The first kappa shape index (κ1) is 23.7. The number of nitrogens with one attached hydrogen (secondary N) is 1. The van der Waals surface area contributed by atoms with E-state index in [-0.39, 0.29) is 12.4 Å². The zero-order valence-electron chi connectivity index (χ0n) is 20.1. The summed E-state index contributed by atoms with van der Waals surface area (Å²) in [5.74, 6) is 1.98. The Morgan fingerprint density at radius 1 is 0.971 bits per heavy atom. The summed E-state index contributed by atoms with van der Waals surface area (Å²) in [4.78, 5) is 12.4. The van der Waals surface area contributed by atoms with Crippen molar-refractivity contribution in [2.75, 3.05) is 14.2 Å². The fraction of sp³-hybridized carbons (Fsp3) is 0.185. The van der Waals surface area contributed by atoms with Crippen molar-refractivity contribution in [3.63, 3.8) is 0 Å². The van der Waals surface area contributed by atoms with Gasteiger partial charge in [-0.25, -0.2) is 5.43 Å². The number of para-hydroxylation sites is 1.